The lowest BCUT2D eigenvalue weighted by Gasteiger charge is -2.12. The van der Waals surface area contributed by atoms with Crippen molar-refractivity contribution >= 4 is 5.97 Å². The lowest BCUT2D eigenvalue weighted by atomic mass is 10.0. The van der Waals surface area contributed by atoms with Gasteiger partial charge in [0, 0.05) is 7.11 Å². The van der Waals surface area contributed by atoms with E-state index in [1.54, 1.807) is 7.11 Å². The molecule has 0 N–H and O–H groups in total. The molecule has 0 aromatic carbocycles. The van der Waals surface area contributed by atoms with E-state index < -0.39 is 0 Å². The molecule has 3 heteroatoms. The summed E-state index contributed by atoms with van der Waals surface area (Å²) in [6, 6.07) is 0. The highest BCUT2D eigenvalue weighted by molar-refractivity contribution is 5.88. The van der Waals surface area contributed by atoms with Crippen LogP contribution in [0.4, 0.5) is 0 Å². The number of hydrogen-bond acceptors (Lipinski definition) is 3. The average Bonchev–Trinajstić information content (AvgIpc) is 2.68. The van der Waals surface area contributed by atoms with Crippen LogP contribution in [0.1, 0.15) is 39.5 Å². The third-order valence-electron chi connectivity index (χ3n) is 2.74. The summed E-state index contributed by atoms with van der Waals surface area (Å²) in [6.45, 7) is 4.07. The Morgan fingerprint density at radius 1 is 1.38 bits per heavy atom. The predicted molar refractivity (Wildman–Crippen MR) is 63.1 cm³/mol. The van der Waals surface area contributed by atoms with Gasteiger partial charge in [0.25, 0.3) is 0 Å². The van der Waals surface area contributed by atoms with Crippen molar-refractivity contribution in [2.24, 2.45) is 5.92 Å². The third kappa shape index (κ3) is 4.35. The molecule has 1 fully saturated rings. The van der Waals surface area contributed by atoms with E-state index in [9.17, 15) is 4.79 Å². The van der Waals surface area contributed by atoms with Crippen molar-refractivity contribution in [1.29, 1.82) is 0 Å². The van der Waals surface area contributed by atoms with Gasteiger partial charge in [-0.25, -0.2) is 4.79 Å². The normalized spacial score (nSPS) is 18.1. The topological polar surface area (TPSA) is 35.5 Å². The highest BCUT2D eigenvalue weighted by atomic mass is 16.5. The van der Waals surface area contributed by atoms with Gasteiger partial charge in [0.1, 0.15) is 0 Å². The van der Waals surface area contributed by atoms with E-state index in [-0.39, 0.29) is 12.1 Å². The van der Waals surface area contributed by atoms with Crippen LogP contribution in [0.25, 0.3) is 0 Å². The zero-order chi connectivity index (χ0) is 12.0. The smallest absolute Gasteiger partial charge is 0.336 e. The summed E-state index contributed by atoms with van der Waals surface area (Å²) >= 11 is 0. The number of allylic oxidation sites excluding steroid dienone is 1. The van der Waals surface area contributed by atoms with Crippen molar-refractivity contribution in [3.63, 3.8) is 0 Å². The standard InChI is InChI=1S/C13H22O3/c1-10(2)16-13(14)12(9-15-3)8-11-6-4-5-7-11/h8,10-11H,4-7,9H2,1-3H3. The molecule has 0 spiro atoms. The van der Waals surface area contributed by atoms with Gasteiger partial charge in [-0.1, -0.05) is 18.9 Å². The molecule has 0 aromatic rings. The number of carbonyl (C=O) groups excluding carboxylic acids is 1. The second kappa shape index (κ2) is 6.69. The lowest BCUT2D eigenvalue weighted by molar-refractivity contribution is -0.143. The quantitative estimate of drug-likeness (QED) is 0.534. The molecule has 0 aliphatic heterocycles. The molecule has 0 aromatic heterocycles. The fourth-order valence-corrected chi connectivity index (χ4v) is 2.03. The number of methoxy groups -OCH3 is 1. The summed E-state index contributed by atoms with van der Waals surface area (Å²) in [7, 11) is 1.60. The fourth-order valence-electron chi connectivity index (χ4n) is 2.03. The first kappa shape index (κ1) is 13.2. The minimum absolute atomic E-state index is 0.0728. The van der Waals surface area contributed by atoms with E-state index >= 15 is 0 Å². The van der Waals surface area contributed by atoms with E-state index in [4.69, 9.17) is 9.47 Å². The van der Waals surface area contributed by atoms with E-state index in [0.29, 0.717) is 18.1 Å². The number of ether oxygens (including phenoxy) is 2. The summed E-state index contributed by atoms with van der Waals surface area (Å²) in [5.74, 6) is 0.300. The minimum Gasteiger partial charge on any atom is -0.460 e. The van der Waals surface area contributed by atoms with Crippen LogP contribution in [0, 0.1) is 5.92 Å². The van der Waals surface area contributed by atoms with Crippen LogP contribution in [0.5, 0.6) is 0 Å². The molecule has 1 aliphatic rings. The molecule has 0 radical (unpaired) electrons. The highest BCUT2D eigenvalue weighted by Gasteiger charge is 2.18. The molecular weight excluding hydrogens is 204 g/mol. The maximum Gasteiger partial charge on any atom is 0.336 e. The molecule has 16 heavy (non-hydrogen) atoms. The molecule has 92 valence electrons. The van der Waals surface area contributed by atoms with Gasteiger partial charge < -0.3 is 9.47 Å². The zero-order valence-corrected chi connectivity index (χ0v) is 10.5. The summed E-state index contributed by atoms with van der Waals surface area (Å²) in [5, 5.41) is 0. The van der Waals surface area contributed by atoms with Crippen molar-refractivity contribution in [3.8, 4) is 0 Å². The SMILES string of the molecule is COCC(=CC1CCCC1)C(=O)OC(C)C. The first-order valence-corrected chi connectivity index (χ1v) is 6.04. The van der Waals surface area contributed by atoms with Crippen LogP contribution < -0.4 is 0 Å². The summed E-state index contributed by atoms with van der Waals surface area (Å²) in [4.78, 5) is 11.8. The maximum atomic E-state index is 11.8. The number of hydrogen-bond donors (Lipinski definition) is 0. The third-order valence-corrected chi connectivity index (χ3v) is 2.74. The van der Waals surface area contributed by atoms with Crippen LogP contribution in [0.15, 0.2) is 11.6 Å². The van der Waals surface area contributed by atoms with Crippen LogP contribution in [-0.4, -0.2) is 25.8 Å². The largest absolute Gasteiger partial charge is 0.460 e. The molecule has 0 amide bonds. The molecule has 1 rings (SSSR count). The van der Waals surface area contributed by atoms with Crippen molar-refractivity contribution in [1.82, 2.24) is 0 Å². The Morgan fingerprint density at radius 2 is 2.00 bits per heavy atom. The van der Waals surface area contributed by atoms with Gasteiger partial charge in [-0.05, 0) is 32.6 Å². The molecule has 3 nitrogen and oxygen atoms in total. The van der Waals surface area contributed by atoms with Gasteiger partial charge >= 0.3 is 5.97 Å². The molecule has 0 bridgehead atoms. The summed E-state index contributed by atoms with van der Waals surface area (Å²) in [6.07, 6.45) is 6.86. The molecule has 0 heterocycles. The summed E-state index contributed by atoms with van der Waals surface area (Å²) < 4.78 is 10.2. The fraction of sp³-hybridized carbons (Fsp3) is 0.769. The Morgan fingerprint density at radius 3 is 2.50 bits per heavy atom. The Hall–Kier alpha value is -0.830. The second-order valence-electron chi connectivity index (χ2n) is 4.62. The van der Waals surface area contributed by atoms with E-state index in [0.717, 1.165) is 0 Å². The Kier molecular flexibility index (Phi) is 5.53. The predicted octanol–water partition coefficient (Wildman–Crippen LogP) is 2.70. The van der Waals surface area contributed by atoms with E-state index in [2.05, 4.69) is 0 Å². The van der Waals surface area contributed by atoms with E-state index in [1.165, 1.54) is 25.7 Å². The van der Waals surface area contributed by atoms with Crippen LogP contribution in [0.2, 0.25) is 0 Å². The van der Waals surface area contributed by atoms with Gasteiger partial charge in [-0.2, -0.15) is 0 Å². The Balaban J connectivity index is 2.60. The zero-order valence-electron chi connectivity index (χ0n) is 10.5. The van der Waals surface area contributed by atoms with Gasteiger partial charge in [0.05, 0.1) is 18.3 Å². The molecule has 0 atom stereocenters. The highest BCUT2D eigenvalue weighted by Crippen LogP contribution is 2.27. The van der Waals surface area contributed by atoms with E-state index in [1.807, 2.05) is 19.9 Å². The first-order valence-electron chi connectivity index (χ1n) is 6.04. The maximum absolute atomic E-state index is 11.8. The van der Waals surface area contributed by atoms with Crippen molar-refractivity contribution in [2.75, 3.05) is 13.7 Å². The van der Waals surface area contributed by atoms with Crippen molar-refractivity contribution in [2.45, 2.75) is 45.6 Å². The lowest BCUT2D eigenvalue weighted by Crippen LogP contribution is -2.17. The Bertz CT molecular complexity index is 250. The first-order chi connectivity index (χ1) is 7.63. The number of esters is 1. The second-order valence-corrected chi connectivity index (χ2v) is 4.62. The van der Waals surface area contributed by atoms with Gasteiger partial charge in [-0.3, -0.25) is 0 Å². The van der Waals surface area contributed by atoms with Crippen LogP contribution in [-0.2, 0) is 14.3 Å². The average molecular weight is 226 g/mol. The van der Waals surface area contributed by atoms with Crippen LogP contribution in [0.3, 0.4) is 0 Å². The molecule has 1 aliphatic carbocycles. The molecule has 0 unspecified atom stereocenters. The van der Waals surface area contributed by atoms with Gasteiger partial charge in [0.2, 0.25) is 0 Å². The monoisotopic (exact) mass is 226 g/mol. The summed E-state index contributed by atoms with van der Waals surface area (Å²) in [5.41, 5.74) is 0.670. The van der Waals surface area contributed by atoms with Crippen molar-refractivity contribution in [3.05, 3.63) is 11.6 Å². The molecular formula is C13H22O3. The number of rotatable bonds is 5. The van der Waals surface area contributed by atoms with Gasteiger partial charge in [0.15, 0.2) is 0 Å². The molecule has 0 saturated heterocycles. The molecule has 1 saturated carbocycles. The number of carbonyl (C=O) groups is 1. The van der Waals surface area contributed by atoms with Crippen LogP contribution >= 0.6 is 0 Å². The minimum atomic E-state index is -0.233. The van der Waals surface area contributed by atoms with Crippen molar-refractivity contribution < 1.29 is 14.3 Å². The van der Waals surface area contributed by atoms with Gasteiger partial charge in [-0.15, -0.1) is 0 Å². The Labute approximate surface area is 97.8 Å².